The molecule has 0 aliphatic carbocycles. The van der Waals surface area contributed by atoms with Gasteiger partial charge in [-0.15, -0.1) is 0 Å². The number of amides is 1. The molecule has 2 N–H and O–H groups in total. The molecular weight excluding hydrogens is 607 g/mol. The van der Waals surface area contributed by atoms with Gasteiger partial charge in [0, 0.05) is 51.4 Å². The number of pyridine rings is 1. The lowest BCUT2D eigenvalue weighted by Crippen LogP contribution is -2.49. The highest BCUT2D eigenvalue weighted by atomic mass is 35.5. The fourth-order valence-electron chi connectivity index (χ4n) is 5.60. The quantitative estimate of drug-likeness (QED) is 0.334. The summed E-state index contributed by atoms with van der Waals surface area (Å²) in [6.07, 6.45) is -0.967. The van der Waals surface area contributed by atoms with Crippen molar-refractivity contribution in [3.05, 3.63) is 47.0 Å². The maximum absolute atomic E-state index is 16.8. The molecule has 2 aliphatic heterocycles. The van der Waals surface area contributed by atoms with Crippen molar-refractivity contribution in [3.63, 3.8) is 0 Å². The number of aliphatic carboxylic acids is 1. The number of halogens is 4. The molecule has 0 bridgehead atoms. The second kappa shape index (κ2) is 12.9. The Labute approximate surface area is 255 Å². The monoisotopic (exact) mass is 637 g/mol. The van der Waals surface area contributed by atoms with Crippen LogP contribution in [0.2, 0.25) is 5.02 Å². The Bertz CT molecular complexity index is 1500. The molecule has 5 rings (SSSR count). The van der Waals surface area contributed by atoms with Crippen LogP contribution in [0.15, 0.2) is 30.6 Å². The summed E-state index contributed by atoms with van der Waals surface area (Å²) >= 11 is 6.23. The summed E-state index contributed by atoms with van der Waals surface area (Å²) in [5.41, 5.74) is -1.53. The molecule has 12 nitrogen and oxygen atoms in total. The molecule has 4 atom stereocenters. The molecule has 236 valence electrons. The molecule has 0 saturated carbocycles. The van der Waals surface area contributed by atoms with Gasteiger partial charge < -0.3 is 29.4 Å². The number of carbonyl (C=O) groups is 2. The number of nitrogens with one attached hydrogen (secondary N) is 1. The molecule has 44 heavy (non-hydrogen) atoms. The van der Waals surface area contributed by atoms with Gasteiger partial charge in [-0.3, -0.25) is 4.79 Å². The van der Waals surface area contributed by atoms with Gasteiger partial charge in [-0.2, -0.15) is 9.97 Å². The average Bonchev–Trinajstić information content (AvgIpc) is 3.69. The van der Waals surface area contributed by atoms with Crippen molar-refractivity contribution in [2.24, 2.45) is 5.92 Å². The van der Waals surface area contributed by atoms with Gasteiger partial charge in [0.15, 0.2) is 5.82 Å². The maximum atomic E-state index is 16.8. The van der Waals surface area contributed by atoms with Crippen molar-refractivity contribution in [2.75, 3.05) is 38.3 Å². The summed E-state index contributed by atoms with van der Waals surface area (Å²) in [7, 11) is 1.50. The van der Waals surface area contributed by atoms with Crippen LogP contribution in [0.3, 0.4) is 0 Å². The van der Waals surface area contributed by atoms with E-state index in [0.29, 0.717) is 5.69 Å². The zero-order valence-electron chi connectivity index (χ0n) is 23.9. The van der Waals surface area contributed by atoms with Crippen molar-refractivity contribution in [2.45, 2.75) is 50.4 Å². The van der Waals surface area contributed by atoms with E-state index in [4.69, 9.17) is 21.1 Å². The van der Waals surface area contributed by atoms with Crippen LogP contribution in [0.25, 0.3) is 11.5 Å². The Morgan fingerprint density at radius 1 is 1.27 bits per heavy atom. The zero-order valence-corrected chi connectivity index (χ0v) is 24.7. The van der Waals surface area contributed by atoms with Gasteiger partial charge in [-0.25, -0.2) is 27.9 Å². The Morgan fingerprint density at radius 3 is 2.73 bits per heavy atom. The number of likely N-dealkylation sites (tertiary alicyclic amines) is 1. The fourth-order valence-corrected chi connectivity index (χ4v) is 5.75. The summed E-state index contributed by atoms with van der Waals surface area (Å²) < 4.78 is 55.3. The first-order valence-corrected chi connectivity index (χ1v) is 14.3. The van der Waals surface area contributed by atoms with E-state index in [-0.39, 0.29) is 79.6 Å². The lowest BCUT2D eigenvalue weighted by atomic mass is 9.78. The van der Waals surface area contributed by atoms with Gasteiger partial charge >= 0.3 is 5.97 Å². The van der Waals surface area contributed by atoms with Crippen LogP contribution >= 0.6 is 11.6 Å². The number of hydrogen-bond acceptors (Lipinski definition) is 9. The first-order chi connectivity index (χ1) is 21.0. The van der Waals surface area contributed by atoms with E-state index >= 15 is 4.39 Å². The van der Waals surface area contributed by atoms with Crippen LogP contribution in [-0.4, -0.2) is 92.3 Å². The molecule has 1 amide bonds. The van der Waals surface area contributed by atoms with Gasteiger partial charge in [0.05, 0.1) is 35.9 Å². The minimum Gasteiger partial charge on any atom is -0.480 e. The number of carboxylic acids is 1. The Morgan fingerprint density at radius 2 is 2.07 bits per heavy atom. The molecule has 2 saturated heterocycles. The highest BCUT2D eigenvalue weighted by Gasteiger charge is 2.47. The van der Waals surface area contributed by atoms with Crippen LogP contribution in [0.4, 0.5) is 19.1 Å². The third-order valence-corrected chi connectivity index (χ3v) is 8.12. The number of H-pyrrole nitrogens is 1. The smallest absolute Gasteiger partial charge is 0.326 e. The minimum absolute atomic E-state index is 0.0391. The van der Waals surface area contributed by atoms with Gasteiger partial charge in [0.25, 0.3) is 6.43 Å². The van der Waals surface area contributed by atoms with E-state index in [1.807, 2.05) is 0 Å². The van der Waals surface area contributed by atoms with Gasteiger partial charge in [-0.05, 0) is 18.2 Å². The second-order valence-corrected chi connectivity index (χ2v) is 11.2. The number of piperidine rings is 1. The van der Waals surface area contributed by atoms with Gasteiger partial charge in [-0.1, -0.05) is 18.5 Å². The van der Waals surface area contributed by atoms with E-state index in [9.17, 15) is 23.5 Å². The van der Waals surface area contributed by atoms with Crippen molar-refractivity contribution < 1.29 is 37.3 Å². The molecule has 16 heteroatoms. The third-order valence-electron chi connectivity index (χ3n) is 7.92. The number of carboxylic acid groups (broad SMARTS) is 1. The summed E-state index contributed by atoms with van der Waals surface area (Å²) in [5, 5.41) is 10.2. The standard InChI is InChI=1S/C28H31ClF3N7O5/c1-15-13-38(21(40)5-9-43-2)8-6-28(15,32)18-10-16(29)12-34-25(18)44-17-11-20(26(41)42)39(14-17)27-36-23(19-4-3-7-33-19)35-24(37-27)22(30)31/h3-4,7,10,12,15,17,20,22,33H,5-6,8-9,11,13-14H2,1-2H3,(H,41,42)/t15-,17-,20-,28+/m0/s1. The van der Waals surface area contributed by atoms with Crippen LogP contribution in [-0.2, 0) is 20.0 Å². The Balaban J connectivity index is 1.40. The zero-order chi connectivity index (χ0) is 31.6. The number of rotatable bonds is 10. The number of alkyl halides is 3. The molecule has 5 heterocycles. The van der Waals surface area contributed by atoms with E-state index in [1.54, 1.807) is 30.2 Å². The number of methoxy groups -OCH3 is 1. The number of nitrogens with zero attached hydrogens (tertiary/aromatic N) is 6. The maximum Gasteiger partial charge on any atom is 0.326 e. The predicted molar refractivity (Wildman–Crippen MR) is 151 cm³/mol. The average molecular weight is 638 g/mol. The summed E-state index contributed by atoms with van der Waals surface area (Å²) in [6, 6.07) is 3.41. The first-order valence-electron chi connectivity index (χ1n) is 14.0. The van der Waals surface area contributed by atoms with Crippen molar-refractivity contribution in [1.29, 1.82) is 0 Å². The number of hydrogen-bond donors (Lipinski definition) is 2. The molecule has 0 spiro atoms. The van der Waals surface area contributed by atoms with Crippen LogP contribution < -0.4 is 9.64 Å². The molecule has 2 fully saturated rings. The van der Waals surface area contributed by atoms with E-state index < -0.39 is 42.0 Å². The highest BCUT2D eigenvalue weighted by molar-refractivity contribution is 6.30. The van der Waals surface area contributed by atoms with Gasteiger partial charge in [0.2, 0.25) is 23.6 Å². The van der Waals surface area contributed by atoms with Crippen molar-refractivity contribution in [3.8, 4) is 17.4 Å². The van der Waals surface area contributed by atoms with Crippen LogP contribution in [0.5, 0.6) is 5.88 Å². The molecule has 3 aromatic heterocycles. The molecule has 0 unspecified atom stereocenters. The fraction of sp³-hybridized carbons (Fsp3) is 0.500. The van der Waals surface area contributed by atoms with Crippen LogP contribution in [0, 0.1) is 5.92 Å². The number of carbonyl (C=O) groups excluding carboxylic acids is 1. The Hall–Kier alpha value is -3.98. The van der Waals surface area contributed by atoms with E-state index in [0.717, 1.165) is 0 Å². The SMILES string of the molecule is COCCC(=O)N1CC[C@](F)(c2cc(Cl)cnc2O[C@H]2C[C@@H](C(=O)O)N(c3nc(-c4ccc[nH]4)nc(C(F)F)n3)C2)[C@@H](C)C1. The second-order valence-electron chi connectivity index (χ2n) is 10.8. The molecule has 2 aliphatic rings. The normalized spacial score (nSPS) is 23.8. The van der Waals surface area contributed by atoms with Crippen molar-refractivity contribution in [1.82, 2.24) is 29.8 Å². The number of aromatic amines is 1. The summed E-state index contributed by atoms with van der Waals surface area (Å²) in [4.78, 5) is 46.7. The molecule has 0 aromatic carbocycles. The largest absolute Gasteiger partial charge is 0.480 e. The summed E-state index contributed by atoms with van der Waals surface area (Å²) in [5.74, 6) is -3.26. The van der Waals surface area contributed by atoms with E-state index in [2.05, 4.69) is 24.9 Å². The summed E-state index contributed by atoms with van der Waals surface area (Å²) in [6.45, 7) is 2.13. The highest BCUT2D eigenvalue weighted by Crippen LogP contribution is 2.45. The topological polar surface area (TPSA) is 147 Å². The first kappa shape index (κ1) is 31.4. The van der Waals surface area contributed by atoms with Crippen LogP contribution in [0.1, 0.15) is 44.0 Å². The molecular formula is C28H31ClF3N7O5. The number of anilines is 1. The van der Waals surface area contributed by atoms with E-state index in [1.165, 1.54) is 24.3 Å². The lowest BCUT2D eigenvalue weighted by molar-refractivity contribution is -0.139. The minimum atomic E-state index is -3.03. The lowest BCUT2D eigenvalue weighted by Gasteiger charge is -2.42. The predicted octanol–water partition coefficient (Wildman–Crippen LogP) is 4.03. The third kappa shape index (κ3) is 6.43. The molecule has 3 aromatic rings. The Kier molecular flexibility index (Phi) is 9.25. The number of ether oxygens (including phenoxy) is 2. The van der Waals surface area contributed by atoms with Gasteiger partial charge in [0.1, 0.15) is 17.8 Å². The molecule has 0 radical (unpaired) electrons. The van der Waals surface area contributed by atoms with Crippen molar-refractivity contribution >= 4 is 29.4 Å². The number of aromatic nitrogens is 5.